The Bertz CT molecular complexity index is 1430. The van der Waals surface area contributed by atoms with Gasteiger partial charge in [-0.1, -0.05) is 30.3 Å². The van der Waals surface area contributed by atoms with Crippen LogP contribution in [0, 0.1) is 10.8 Å². The smallest absolute Gasteiger partial charge is 0.256 e. The van der Waals surface area contributed by atoms with Crippen molar-refractivity contribution in [2.75, 3.05) is 20.2 Å². The number of hydrogen-bond donors (Lipinski definition) is 8. The van der Waals surface area contributed by atoms with E-state index in [4.69, 9.17) is 15.6 Å². The number of hydrogen-bond acceptors (Lipinski definition) is 8. The summed E-state index contributed by atoms with van der Waals surface area (Å²) in [6.07, 6.45) is 0.171. The van der Waals surface area contributed by atoms with Gasteiger partial charge in [0.25, 0.3) is 5.91 Å². The minimum absolute atomic E-state index is 0.0854. The van der Waals surface area contributed by atoms with Crippen LogP contribution in [0.5, 0.6) is 5.75 Å². The number of ether oxygens (including phenoxy) is 1. The van der Waals surface area contributed by atoms with E-state index in [1.54, 1.807) is 18.2 Å². The second kappa shape index (κ2) is 8.54. The zero-order valence-corrected chi connectivity index (χ0v) is 20.9. The second-order valence-corrected chi connectivity index (χ2v) is 10.1. The zero-order chi connectivity index (χ0) is 27.7. The fourth-order valence-electron chi connectivity index (χ4n) is 6.24. The Morgan fingerprint density at radius 3 is 2.56 bits per heavy atom. The molecule has 4 saturated heterocycles. The van der Waals surface area contributed by atoms with Gasteiger partial charge in [0.2, 0.25) is 17.6 Å². The van der Waals surface area contributed by atoms with E-state index in [9.17, 15) is 24.6 Å². The molecule has 4 heterocycles. The number of nitrogens with one attached hydrogen (secondary N) is 6. The summed E-state index contributed by atoms with van der Waals surface area (Å²) in [5.74, 6) is -4.17. The Labute approximate surface area is 222 Å². The predicted octanol–water partition coefficient (Wildman–Crippen LogP) is -1.81. The molecule has 2 aromatic carbocycles. The molecule has 8 N–H and O–H groups in total. The molecule has 4 aliphatic rings. The third-order valence-electron chi connectivity index (χ3n) is 8.07. The van der Waals surface area contributed by atoms with Crippen molar-refractivity contribution < 1.29 is 29.3 Å². The number of likely N-dealkylation sites (tertiary alicyclic amines) is 1. The fourth-order valence-corrected chi connectivity index (χ4v) is 6.24. The highest BCUT2D eigenvalue weighted by atomic mass is 16.5. The molecule has 4 atom stereocenters. The lowest BCUT2D eigenvalue weighted by atomic mass is 9.84. The van der Waals surface area contributed by atoms with Crippen LogP contribution in [0.25, 0.3) is 10.8 Å². The van der Waals surface area contributed by atoms with E-state index < -0.39 is 35.5 Å². The van der Waals surface area contributed by atoms with Gasteiger partial charge in [-0.25, -0.2) is 0 Å². The second-order valence-electron chi connectivity index (χ2n) is 10.1. The van der Waals surface area contributed by atoms with Gasteiger partial charge < -0.3 is 41.1 Å². The number of carbonyl (C=O) groups excluding carboxylic acids is 3. The minimum atomic E-state index is -2.70. The van der Waals surface area contributed by atoms with E-state index in [1.165, 1.54) is 12.0 Å². The molecule has 0 aliphatic carbocycles. The summed E-state index contributed by atoms with van der Waals surface area (Å²) in [7, 11) is 1.44. The van der Waals surface area contributed by atoms with Crippen LogP contribution in [0.4, 0.5) is 0 Å². The Morgan fingerprint density at radius 2 is 1.85 bits per heavy atom. The number of guanidine groups is 2. The molecule has 14 heteroatoms. The van der Waals surface area contributed by atoms with Crippen molar-refractivity contribution in [3.05, 3.63) is 42.0 Å². The first-order valence-corrected chi connectivity index (χ1v) is 12.5. The molecule has 6 rings (SSSR count). The predicted molar refractivity (Wildman–Crippen MR) is 137 cm³/mol. The summed E-state index contributed by atoms with van der Waals surface area (Å²) in [5.41, 5.74) is -1.64. The Kier molecular flexibility index (Phi) is 5.45. The molecule has 0 bridgehead atoms. The molecule has 2 aromatic rings. The number of rotatable bonds is 5. The van der Waals surface area contributed by atoms with Crippen LogP contribution in [0.2, 0.25) is 0 Å². The number of aliphatic hydroxyl groups is 2. The van der Waals surface area contributed by atoms with Gasteiger partial charge in [0.05, 0.1) is 31.3 Å². The van der Waals surface area contributed by atoms with Crippen molar-refractivity contribution in [2.45, 2.75) is 42.4 Å². The number of benzene rings is 2. The van der Waals surface area contributed by atoms with Crippen molar-refractivity contribution >= 4 is 40.4 Å². The quantitative estimate of drug-likeness (QED) is 0.159. The van der Waals surface area contributed by atoms with Gasteiger partial charge in [-0.05, 0) is 16.8 Å². The first-order chi connectivity index (χ1) is 18.6. The van der Waals surface area contributed by atoms with E-state index >= 15 is 0 Å². The highest BCUT2D eigenvalue weighted by molar-refractivity contribution is 6.09. The molecule has 0 radical (unpaired) electrons. The van der Waals surface area contributed by atoms with E-state index in [1.807, 2.05) is 18.2 Å². The largest absolute Gasteiger partial charge is 0.496 e. The highest BCUT2D eigenvalue weighted by Gasteiger charge is 2.74. The molecule has 1 unspecified atom stereocenters. The summed E-state index contributed by atoms with van der Waals surface area (Å²) in [6, 6.07) is 7.58. The van der Waals surface area contributed by atoms with Crippen LogP contribution in [-0.2, 0) is 9.59 Å². The highest BCUT2D eigenvalue weighted by Crippen LogP contribution is 2.43. The number of carbonyl (C=O) groups is 3. The fraction of sp³-hybridized carbons (Fsp3) is 0.400. The number of amides is 3. The monoisotopic (exact) mass is 536 g/mol. The maximum atomic E-state index is 13.6. The SMILES string of the molecule is COc1ccc2ccccc2c1C(=O)NC1CN2C(=N)N[C@@H](CN3C(=O)CCC3=O)[C@@H]3NC(=N)N[C@@]32C1(O)O. The van der Waals surface area contributed by atoms with Crippen LogP contribution in [-0.4, -0.2) is 99.4 Å². The molecular formula is C25H28N8O6. The van der Waals surface area contributed by atoms with Crippen LogP contribution < -0.4 is 26.0 Å². The van der Waals surface area contributed by atoms with E-state index in [0.717, 1.165) is 10.3 Å². The lowest BCUT2D eigenvalue weighted by Crippen LogP contribution is -2.81. The lowest BCUT2D eigenvalue weighted by molar-refractivity contribution is -0.232. The number of nitrogens with zero attached hydrogens (tertiary/aromatic N) is 2. The first kappa shape index (κ1) is 24.9. The molecule has 204 valence electrons. The average molecular weight is 537 g/mol. The van der Waals surface area contributed by atoms with Gasteiger partial charge in [0.1, 0.15) is 11.8 Å². The van der Waals surface area contributed by atoms with Crippen LogP contribution in [0.3, 0.4) is 0 Å². The Balaban J connectivity index is 1.35. The number of imide groups is 1. The minimum Gasteiger partial charge on any atom is -0.496 e. The van der Waals surface area contributed by atoms with Gasteiger partial charge in [0.15, 0.2) is 17.6 Å². The molecule has 4 fully saturated rings. The number of methoxy groups -OCH3 is 1. The molecule has 14 nitrogen and oxygen atoms in total. The molecular weight excluding hydrogens is 508 g/mol. The molecule has 4 aliphatic heterocycles. The van der Waals surface area contributed by atoms with Crippen LogP contribution >= 0.6 is 0 Å². The third-order valence-corrected chi connectivity index (χ3v) is 8.07. The van der Waals surface area contributed by atoms with Crippen molar-refractivity contribution in [1.29, 1.82) is 10.8 Å². The zero-order valence-electron chi connectivity index (χ0n) is 20.9. The van der Waals surface area contributed by atoms with Crippen molar-refractivity contribution in [3.8, 4) is 5.75 Å². The van der Waals surface area contributed by atoms with Crippen LogP contribution in [0.1, 0.15) is 23.2 Å². The standard InChI is InChI=1S/C25H28N8O6/c1-39-15-7-6-12-4-2-3-5-13(12)19(15)21(36)29-16-11-33-23(27)28-14(10-32-17(34)8-9-18(32)35)20-24(33,25(16,37)38)31-22(26)30-20/h2-7,14,16,20,37-38H,8-11H2,1H3,(H2,27,28)(H,29,36)(H3,26,30,31)/t14-,16?,20-,24-/m0/s1. The molecule has 0 aromatic heterocycles. The van der Waals surface area contributed by atoms with Crippen molar-refractivity contribution in [1.82, 2.24) is 31.1 Å². The lowest BCUT2D eigenvalue weighted by Gasteiger charge is -2.51. The van der Waals surface area contributed by atoms with Crippen molar-refractivity contribution in [3.63, 3.8) is 0 Å². The van der Waals surface area contributed by atoms with Gasteiger partial charge in [-0.2, -0.15) is 0 Å². The summed E-state index contributed by atoms with van der Waals surface area (Å²) >= 11 is 0. The summed E-state index contributed by atoms with van der Waals surface area (Å²) in [4.78, 5) is 40.6. The van der Waals surface area contributed by atoms with E-state index in [2.05, 4.69) is 21.3 Å². The summed E-state index contributed by atoms with van der Waals surface area (Å²) in [5, 5.41) is 52.9. The summed E-state index contributed by atoms with van der Waals surface area (Å²) in [6.45, 7) is -0.326. The maximum Gasteiger partial charge on any atom is 0.256 e. The van der Waals surface area contributed by atoms with E-state index in [-0.39, 0.29) is 55.2 Å². The number of fused-ring (bicyclic) bond motifs is 1. The van der Waals surface area contributed by atoms with Gasteiger partial charge in [0, 0.05) is 19.4 Å². The molecule has 3 amide bonds. The summed E-state index contributed by atoms with van der Waals surface area (Å²) < 4.78 is 5.43. The van der Waals surface area contributed by atoms with Gasteiger partial charge in [-0.3, -0.25) is 30.1 Å². The third kappa shape index (κ3) is 3.44. The molecule has 39 heavy (non-hydrogen) atoms. The van der Waals surface area contributed by atoms with E-state index in [0.29, 0.717) is 11.1 Å². The normalized spacial score (nSPS) is 29.1. The Morgan fingerprint density at radius 1 is 1.13 bits per heavy atom. The van der Waals surface area contributed by atoms with Gasteiger partial charge >= 0.3 is 0 Å². The maximum absolute atomic E-state index is 13.6. The van der Waals surface area contributed by atoms with Crippen LogP contribution in [0.15, 0.2) is 36.4 Å². The molecule has 1 spiro atoms. The average Bonchev–Trinajstić information content (AvgIpc) is 3.50. The first-order valence-electron chi connectivity index (χ1n) is 12.5. The Hall–Kier alpha value is -4.43. The van der Waals surface area contributed by atoms with Gasteiger partial charge in [-0.15, -0.1) is 0 Å². The topological polar surface area (TPSA) is 203 Å². The van der Waals surface area contributed by atoms with Crippen molar-refractivity contribution in [2.24, 2.45) is 0 Å². The molecule has 0 saturated carbocycles.